The lowest BCUT2D eigenvalue weighted by Gasteiger charge is -2.10. The Morgan fingerprint density at radius 1 is 1.35 bits per heavy atom. The van der Waals surface area contributed by atoms with Gasteiger partial charge in [0.05, 0.1) is 6.04 Å². The molecule has 0 aliphatic carbocycles. The van der Waals surface area contributed by atoms with Crippen LogP contribution in [0.4, 0.5) is 4.39 Å². The average molecular weight is 319 g/mol. The number of furan rings is 1. The number of benzene rings is 1. The van der Waals surface area contributed by atoms with Crippen LogP contribution >= 0.6 is 27.5 Å². The van der Waals surface area contributed by atoms with E-state index in [1.54, 1.807) is 18.2 Å². The van der Waals surface area contributed by atoms with Crippen molar-refractivity contribution in [2.75, 3.05) is 0 Å². The maximum absolute atomic E-state index is 13.1. The summed E-state index contributed by atoms with van der Waals surface area (Å²) in [6.07, 6.45) is 0.474. The zero-order valence-corrected chi connectivity index (χ0v) is 11.1. The Labute approximate surface area is 112 Å². The number of nitrogens with two attached hydrogens (primary N) is 1. The van der Waals surface area contributed by atoms with Crippen molar-refractivity contribution < 1.29 is 8.81 Å². The van der Waals surface area contributed by atoms with Crippen molar-refractivity contribution in [3.05, 3.63) is 57.2 Å². The van der Waals surface area contributed by atoms with Gasteiger partial charge in [-0.2, -0.15) is 0 Å². The molecule has 0 saturated carbocycles. The lowest BCUT2D eigenvalue weighted by atomic mass is 10.0. The van der Waals surface area contributed by atoms with Gasteiger partial charge < -0.3 is 10.2 Å². The minimum Gasteiger partial charge on any atom is -0.448 e. The van der Waals surface area contributed by atoms with Crippen molar-refractivity contribution in [1.82, 2.24) is 0 Å². The zero-order valence-electron chi connectivity index (χ0n) is 8.79. The monoisotopic (exact) mass is 317 g/mol. The molecule has 0 saturated heterocycles. The summed E-state index contributed by atoms with van der Waals surface area (Å²) in [6.45, 7) is 0. The molecule has 1 aromatic carbocycles. The highest BCUT2D eigenvalue weighted by molar-refractivity contribution is 9.10. The van der Waals surface area contributed by atoms with Crippen LogP contribution in [0.5, 0.6) is 0 Å². The van der Waals surface area contributed by atoms with E-state index in [0.717, 1.165) is 10.0 Å². The fourth-order valence-electron chi connectivity index (χ4n) is 1.56. The van der Waals surface area contributed by atoms with E-state index in [9.17, 15) is 4.39 Å². The van der Waals surface area contributed by atoms with E-state index in [-0.39, 0.29) is 11.9 Å². The van der Waals surface area contributed by atoms with E-state index in [0.29, 0.717) is 17.4 Å². The average Bonchev–Trinajstić information content (AvgIpc) is 2.70. The van der Waals surface area contributed by atoms with Crippen molar-refractivity contribution in [2.45, 2.75) is 12.5 Å². The van der Waals surface area contributed by atoms with Gasteiger partial charge in [0, 0.05) is 4.47 Å². The van der Waals surface area contributed by atoms with E-state index in [1.807, 2.05) is 0 Å². The first-order valence-corrected chi connectivity index (χ1v) is 6.18. The molecule has 2 rings (SSSR count). The van der Waals surface area contributed by atoms with Gasteiger partial charge in [0.15, 0.2) is 5.22 Å². The smallest absolute Gasteiger partial charge is 0.193 e. The summed E-state index contributed by atoms with van der Waals surface area (Å²) in [5.74, 6) is 0.305. The molecule has 5 heteroatoms. The van der Waals surface area contributed by atoms with Crippen molar-refractivity contribution in [3.63, 3.8) is 0 Å². The van der Waals surface area contributed by atoms with Crippen LogP contribution in [0.15, 0.2) is 39.2 Å². The fraction of sp³-hybridized carbons (Fsp3) is 0.167. The van der Waals surface area contributed by atoms with Crippen molar-refractivity contribution >= 4 is 27.5 Å². The second-order valence-corrected chi connectivity index (χ2v) is 4.92. The Morgan fingerprint density at radius 2 is 2.12 bits per heavy atom. The number of rotatable bonds is 3. The Balaban J connectivity index is 2.18. The summed E-state index contributed by atoms with van der Waals surface area (Å²) in [7, 11) is 0. The van der Waals surface area contributed by atoms with Crippen molar-refractivity contribution in [1.29, 1.82) is 0 Å². The molecule has 90 valence electrons. The maximum atomic E-state index is 13.1. The zero-order chi connectivity index (χ0) is 12.4. The molecule has 0 fully saturated rings. The van der Waals surface area contributed by atoms with Gasteiger partial charge in [0.1, 0.15) is 11.6 Å². The molecule has 0 radical (unpaired) electrons. The van der Waals surface area contributed by atoms with E-state index in [2.05, 4.69) is 15.9 Å². The predicted octanol–water partition coefficient (Wildman–Crippen LogP) is 4.08. The lowest BCUT2D eigenvalue weighted by molar-refractivity contribution is 0.465. The van der Waals surface area contributed by atoms with Gasteiger partial charge in [-0.15, -0.1) is 0 Å². The third kappa shape index (κ3) is 3.09. The topological polar surface area (TPSA) is 39.2 Å². The van der Waals surface area contributed by atoms with Gasteiger partial charge in [-0.3, -0.25) is 0 Å². The molecule has 1 heterocycles. The molecule has 2 aromatic rings. The Hall–Kier alpha value is -0.840. The SMILES string of the molecule is NC(Cc1cc(F)ccc1Br)c1ccc(Cl)o1. The number of hydrogen-bond donors (Lipinski definition) is 1. The predicted molar refractivity (Wildman–Crippen MR) is 68.5 cm³/mol. The van der Waals surface area contributed by atoms with Crippen LogP contribution in [0.3, 0.4) is 0 Å². The van der Waals surface area contributed by atoms with E-state index >= 15 is 0 Å². The highest BCUT2D eigenvalue weighted by Crippen LogP contribution is 2.25. The van der Waals surface area contributed by atoms with Crippen LogP contribution < -0.4 is 5.73 Å². The lowest BCUT2D eigenvalue weighted by Crippen LogP contribution is -2.12. The largest absolute Gasteiger partial charge is 0.448 e. The Morgan fingerprint density at radius 3 is 2.76 bits per heavy atom. The summed E-state index contributed by atoms with van der Waals surface area (Å²) in [5, 5.41) is 0.300. The van der Waals surface area contributed by atoms with Crippen LogP contribution in [0.1, 0.15) is 17.4 Å². The van der Waals surface area contributed by atoms with Gasteiger partial charge in [-0.25, -0.2) is 4.39 Å². The van der Waals surface area contributed by atoms with Crippen LogP contribution in [-0.2, 0) is 6.42 Å². The quantitative estimate of drug-likeness (QED) is 0.926. The molecule has 0 bridgehead atoms. The third-order valence-corrected chi connectivity index (χ3v) is 3.38. The van der Waals surface area contributed by atoms with Gasteiger partial charge in [0.25, 0.3) is 0 Å². The second-order valence-electron chi connectivity index (χ2n) is 3.69. The summed E-state index contributed by atoms with van der Waals surface area (Å²) < 4.78 is 19.1. The van der Waals surface area contributed by atoms with Gasteiger partial charge in [0.2, 0.25) is 0 Å². The normalized spacial score (nSPS) is 12.7. The summed E-state index contributed by atoms with van der Waals surface area (Å²) in [6, 6.07) is 7.52. The molecule has 2 N–H and O–H groups in total. The first-order chi connectivity index (χ1) is 8.06. The second kappa shape index (κ2) is 5.21. The highest BCUT2D eigenvalue weighted by Gasteiger charge is 2.13. The molecule has 1 aromatic heterocycles. The van der Waals surface area contributed by atoms with Crippen LogP contribution in [-0.4, -0.2) is 0 Å². The molecule has 1 atom stereocenters. The summed E-state index contributed by atoms with van der Waals surface area (Å²) >= 11 is 9.03. The summed E-state index contributed by atoms with van der Waals surface area (Å²) in [5.41, 5.74) is 6.76. The number of hydrogen-bond acceptors (Lipinski definition) is 2. The van der Waals surface area contributed by atoms with E-state index in [1.165, 1.54) is 12.1 Å². The van der Waals surface area contributed by atoms with E-state index in [4.69, 9.17) is 21.8 Å². The Bertz CT molecular complexity index is 529. The molecule has 0 aliphatic heterocycles. The van der Waals surface area contributed by atoms with Gasteiger partial charge in [-0.05, 0) is 53.9 Å². The van der Waals surface area contributed by atoms with Gasteiger partial charge >= 0.3 is 0 Å². The maximum Gasteiger partial charge on any atom is 0.193 e. The standard InChI is InChI=1S/C12H10BrClFNO/c13-9-2-1-8(15)5-7(9)6-10(16)11-3-4-12(14)17-11/h1-5,10H,6,16H2. The van der Waals surface area contributed by atoms with Crippen LogP contribution in [0.25, 0.3) is 0 Å². The first-order valence-electron chi connectivity index (χ1n) is 5.01. The molecule has 0 spiro atoms. The molecule has 0 amide bonds. The minimum absolute atomic E-state index is 0.284. The Kier molecular flexibility index (Phi) is 3.86. The molecule has 1 unspecified atom stereocenters. The van der Waals surface area contributed by atoms with Gasteiger partial charge in [-0.1, -0.05) is 15.9 Å². The van der Waals surface area contributed by atoms with Crippen LogP contribution in [0, 0.1) is 5.82 Å². The molecular formula is C12H10BrClFNO. The fourth-order valence-corrected chi connectivity index (χ4v) is 2.13. The molecule has 2 nitrogen and oxygen atoms in total. The minimum atomic E-state index is -0.347. The third-order valence-electron chi connectivity index (χ3n) is 2.41. The van der Waals surface area contributed by atoms with Crippen LogP contribution in [0.2, 0.25) is 5.22 Å². The molecule has 17 heavy (non-hydrogen) atoms. The molecular weight excluding hydrogens is 308 g/mol. The summed E-state index contributed by atoms with van der Waals surface area (Å²) in [4.78, 5) is 0. The van der Waals surface area contributed by atoms with Crippen molar-refractivity contribution in [2.24, 2.45) is 5.73 Å². The van der Waals surface area contributed by atoms with E-state index < -0.39 is 0 Å². The number of halogens is 3. The molecule has 0 aliphatic rings. The first kappa shape index (κ1) is 12.6. The van der Waals surface area contributed by atoms with Crippen molar-refractivity contribution in [3.8, 4) is 0 Å². The highest BCUT2D eigenvalue weighted by atomic mass is 79.9.